The van der Waals surface area contributed by atoms with Crippen molar-refractivity contribution in [3.8, 4) is 11.5 Å². The van der Waals surface area contributed by atoms with Gasteiger partial charge >= 0.3 is 0 Å². The number of nitrogens with zero attached hydrogens (tertiary/aromatic N) is 2. The Hall–Kier alpha value is -2.73. The van der Waals surface area contributed by atoms with E-state index >= 15 is 0 Å². The van der Waals surface area contributed by atoms with Crippen LogP contribution < -0.4 is 19.3 Å². The van der Waals surface area contributed by atoms with Crippen LogP contribution in [0.1, 0.15) is 30.0 Å². The number of likely N-dealkylation sites (N-methyl/N-ethyl adjacent to an activating group) is 1. The maximum absolute atomic E-state index is 12.9. The molecule has 2 heterocycles. The third kappa shape index (κ3) is 4.54. The number of benzene rings is 2. The van der Waals surface area contributed by atoms with Gasteiger partial charge in [0.05, 0.1) is 6.54 Å². The molecule has 30 heavy (non-hydrogen) atoms. The van der Waals surface area contributed by atoms with E-state index in [2.05, 4.69) is 41.3 Å². The van der Waals surface area contributed by atoms with Crippen molar-refractivity contribution in [3.05, 3.63) is 53.6 Å². The number of hydrogen-bond acceptors (Lipinski definition) is 4. The van der Waals surface area contributed by atoms with Crippen LogP contribution in [-0.2, 0) is 11.3 Å². The molecule has 0 saturated carbocycles. The Morgan fingerprint density at radius 3 is 2.50 bits per heavy atom. The molecule has 0 spiro atoms. The van der Waals surface area contributed by atoms with Gasteiger partial charge in [-0.3, -0.25) is 4.79 Å². The highest BCUT2D eigenvalue weighted by atomic mass is 16.6. The fourth-order valence-corrected chi connectivity index (χ4v) is 4.39. The summed E-state index contributed by atoms with van der Waals surface area (Å²) in [7, 11) is 5.96. The summed E-state index contributed by atoms with van der Waals surface area (Å²) in [5.41, 5.74) is 3.55. The minimum atomic E-state index is 0.186. The fourth-order valence-electron chi connectivity index (χ4n) is 4.39. The Bertz CT molecular complexity index is 882. The first-order valence-corrected chi connectivity index (χ1v) is 10.8. The van der Waals surface area contributed by atoms with Crippen molar-refractivity contribution >= 4 is 11.6 Å². The standard InChI is InChI=1S/C24H31N3O3/c1-25(2)20-9-6-18(7-10-20)16-26(3)24(28)17-27-12-4-5-21(27)19-8-11-22-23(15-19)30-14-13-29-22/h6-11,15,21H,4-5,12-14,16-17H2,1-3H3/p+1/t21-/m1/s1. The molecule has 1 amide bonds. The predicted octanol–water partition coefficient (Wildman–Crippen LogP) is 1.90. The highest BCUT2D eigenvalue weighted by Gasteiger charge is 2.33. The Kier molecular flexibility index (Phi) is 6.13. The highest BCUT2D eigenvalue weighted by Crippen LogP contribution is 2.33. The van der Waals surface area contributed by atoms with Crippen LogP contribution in [0.5, 0.6) is 11.5 Å². The van der Waals surface area contributed by atoms with Crippen molar-refractivity contribution in [2.45, 2.75) is 25.4 Å². The minimum absolute atomic E-state index is 0.186. The molecule has 6 heteroatoms. The number of nitrogens with one attached hydrogen (secondary N) is 1. The molecule has 1 fully saturated rings. The van der Waals surface area contributed by atoms with Crippen LogP contribution >= 0.6 is 0 Å². The van der Waals surface area contributed by atoms with E-state index in [1.54, 1.807) is 0 Å². The molecule has 2 aromatic rings. The van der Waals surface area contributed by atoms with Crippen LogP contribution in [0.3, 0.4) is 0 Å². The van der Waals surface area contributed by atoms with Crippen molar-refractivity contribution in [1.29, 1.82) is 0 Å². The third-order valence-electron chi connectivity index (χ3n) is 6.13. The van der Waals surface area contributed by atoms with Gasteiger partial charge < -0.3 is 24.2 Å². The van der Waals surface area contributed by atoms with Gasteiger partial charge in [0.15, 0.2) is 18.0 Å². The molecule has 0 aromatic heterocycles. The van der Waals surface area contributed by atoms with E-state index in [1.807, 2.05) is 32.1 Å². The molecule has 2 aromatic carbocycles. The molecule has 1 unspecified atom stereocenters. The summed E-state index contributed by atoms with van der Waals surface area (Å²) in [6.07, 6.45) is 2.23. The zero-order valence-corrected chi connectivity index (χ0v) is 18.2. The maximum Gasteiger partial charge on any atom is 0.277 e. The topological polar surface area (TPSA) is 46.5 Å². The number of carbonyl (C=O) groups excluding carboxylic acids is 1. The monoisotopic (exact) mass is 410 g/mol. The lowest BCUT2D eigenvalue weighted by atomic mass is 10.0. The highest BCUT2D eigenvalue weighted by molar-refractivity contribution is 5.76. The van der Waals surface area contributed by atoms with Crippen LogP contribution in [0.2, 0.25) is 0 Å². The summed E-state index contributed by atoms with van der Waals surface area (Å²) in [6, 6.07) is 15.0. The molecular weight excluding hydrogens is 378 g/mol. The number of anilines is 1. The van der Waals surface area contributed by atoms with Crippen LogP contribution in [0.15, 0.2) is 42.5 Å². The molecule has 0 radical (unpaired) electrons. The second kappa shape index (κ2) is 8.96. The van der Waals surface area contributed by atoms with Gasteiger partial charge in [-0.25, -0.2) is 0 Å². The van der Waals surface area contributed by atoms with Gasteiger partial charge in [0.2, 0.25) is 0 Å². The Balaban J connectivity index is 1.38. The zero-order chi connectivity index (χ0) is 21.1. The average molecular weight is 411 g/mol. The number of amides is 1. The lowest BCUT2D eigenvalue weighted by Crippen LogP contribution is -3.11. The predicted molar refractivity (Wildman–Crippen MR) is 117 cm³/mol. The Labute approximate surface area is 179 Å². The SMILES string of the molecule is CN(Cc1ccc(N(C)C)cc1)C(=O)C[NH+]1CCC[C@@H]1c1ccc2c(c1)OCCO2. The number of quaternary nitrogens is 1. The van der Waals surface area contributed by atoms with Crippen molar-refractivity contribution in [1.82, 2.24) is 4.90 Å². The van der Waals surface area contributed by atoms with Crippen molar-refractivity contribution in [3.63, 3.8) is 0 Å². The quantitative estimate of drug-likeness (QED) is 0.790. The van der Waals surface area contributed by atoms with Gasteiger partial charge in [0.25, 0.3) is 5.91 Å². The second-order valence-corrected chi connectivity index (χ2v) is 8.49. The molecule has 6 nitrogen and oxygen atoms in total. The zero-order valence-electron chi connectivity index (χ0n) is 18.2. The van der Waals surface area contributed by atoms with Crippen molar-refractivity contribution in [2.24, 2.45) is 0 Å². The van der Waals surface area contributed by atoms with Gasteiger partial charge in [-0.15, -0.1) is 0 Å². The number of fused-ring (bicyclic) bond motifs is 1. The van der Waals surface area contributed by atoms with E-state index in [4.69, 9.17) is 9.47 Å². The van der Waals surface area contributed by atoms with Gasteiger partial charge in [-0.05, 0) is 35.9 Å². The van der Waals surface area contributed by atoms with Crippen LogP contribution in [-0.4, -0.2) is 58.3 Å². The van der Waals surface area contributed by atoms with E-state index < -0.39 is 0 Å². The first kappa shape index (κ1) is 20.5. The minimum Gasteiger partial charge on any atom is -0.486 e. The molecule has 160 valence electrons. The number of carbonyl (C=O) groups is 1. The van der Waals surface area contributed by atoms with Gasteiger partial charge in [-0.1, -0.05) is 12.1 Å². The van der Waals surface area contributed by atoms with Crippen molar-refractivity contribution in [2.75, 3.05) is 52.3 Å². The van der Waals surface area contributed by atoms with Gasteiger partial charge in [-0.2, -0.15) is 0 Å². The molecule has 1 N–H and O–H groups in total. The molecule has 1 saturated heterocycles. The summed E-state index contributed by atoms with van der Waals surface area (Å²) in [4.78, 5) is 18.2. The van der Waals surface area contributed by atoms with Gasteiger partial charge in [0.1, 0.15) is 19.3 Å². The number of ether oxygens (including phenoxy) is 2. The molecule has 2 aliphatic rings. The fraction of sp³-hybridized carbons (Fsp3) is 0.458. The van der Waals surface area contributed by atoms with Crippen LogP contribution in [0.4, 0.5) is 5.69 Å². The van der Waals surface area contributed by atoms with E-state index in [-0.39, 0.29) is 5.91 Å². The number of hydrogen-bond donors (Lipinski definition) is 1. The maximum atomic E-state index is 12.9. The molecule has 0 aliphatic carbocycles. The molecule has 2 atom stereocenters. The summed E-state index contributed by atoms with van der Waals surface area (Å²) in [5.74, 6) is 1.83. The third-order valence-corrected chi connectivity index (χ3v) is 6.13. The van der Waals surface area contributed by atoms with E-state index in [0.717, 1.165) is 42.1 Å². The largest absolute Gasteiger partial charge is 0.486 e. The summed E-state index contributed by atoms with van der Waals surface area (Å²) >= 11 is 0. The molecule has 2 aliphatic heterocycles. The first-order valence-electron chi connectivity index (χ1n) is 10.8. The van der Waals surface area contributed by atoms with Crippen LogP contribution in [0, 0.1) is 0 Å². The van der Waals surface area contributed by atoms with E-state index in [0.29, 0.717) is 32.3 Å². The van der Waals surface area contributed by atoms with Gasteiger partial charge in [0, 0.05) is 51.8 Å². The Morgan fingerprint density at radius 2 is 1.77 bits per heavy atom. The summed E-state index contributed by atoms with van der Waals surface area (Å²) in [6.45, 7) is 3.37. The number of rotatable bonds is 6. The average Bonchev–Trinajstić information content (AvgIpc) is 3.21. The first-order chi connectivity index (χ1) is 14.5. The molecule has 4 rings (SSSR count). The second-order valence-electron chi connectivity index (χ2n) is 8.49. The smallest absolute Gasteiger partial charge is 0.277 e. The van der Waals surface area contributed by atoms with Crippen LogP contribution in [0.25, 0.3) is 0 Å². The lowest BCUT2D eigenvalue weighted by Gasteiger charge is -2.26. The molecule has 0 bridgehead atoms. The number of likely N-dealkylation sites (tertiary alicyclic amines) is 1. The summed E-state index contributed by atoms with van der Waals surface area (Å²) in [5, 5.41) is 0. The van der Waals surface area contributed by atoms with E-state index in [1.165, 1.54) is 10.5 Å². The van der Waals surface area contributed by atoms with E-state index in [9.17, 15) is 4.79 Å². The lowest BCUT2D eigenvalue weighted by molar-refractivity contribution is -0.910. The Morgan fingerprint density at radius 1 is 1.03 bits per heavy atom. The summed E-state index contributed by atoms with van der Waals surface area (Å²) < 4.78 is 11.4. The van der Waals surface area contributed by atoms with Crippen molar-refractivity contribution < 1.29 is 19.2 Å². The molecular formula is C24H32N3O3+. The normalized spacial score (nSPS) is 20.1.